The van der Waals surface area contributed by atoms with Crippen molar-refractivity contribution >= 4 is 27.3 Å². The van der Waals surface area contributed by atoms with E-state index in [-0.39, 0.29) is 17.9 Å². The first-order valence-corrected chi connectivity index (χ1v) is 13.0. The lowest BCUT2D eigenvalue weighted by molar-refractivity contribution is -0.120. The van der Waals surface area contributed by atoms with Crippen LogP contribution in [-0.4, -0.2) is 50.9 Å². The number of amides is 1. The lowest BCUT2D eigenvalue weighted by Gasteiger charge is -2.36. The number of fused-ring (bicyclic) bond motifs is 1. The third-order valence-electron chi connectivity index (χ3n) is 7.01. The van der Waals surface area contributed by atoms with E-state index in [1.807, 2.05) is 17.9 Å². The monoisotopic (exact) mass is 453 g/mol. The first-order chi connectivity index (χ1) is 15.3. The fourth-order valence-electron chi connectivity index (χ4n) is 5.01. The number of piperazine rings is 1. The van der Waals surface area contributed by atoms with Gasteiger partial charge in [-0.2, -0.15) is 4.31 Å². The quantitative estimate of drug-likeness (QED) is 0.711. The maximum Gasteiger partial charge on any atom is 0.243 e. The molecule has 0 N–H and O–H groups in total. The largest absolute Gasteiger partial charge is 0.369 e. The predicted molar refractivity (Wildman–Crippen MR) is 127 cm³/mol. The van der Waals surface area contributed by atoms with Gasteiger partial charge in [0.05, 0.1) is 4.90 Å². The molecule has 32 heavy (non-hydrogen) atoms. The van der Waals surface area contributed by atoms with Gasteiger partial charge in [-0.3, -0.25) is 4.79 Å². The van der Waals surface area contributed by atoms with Crippen molar-refractivity contribution in [1.29, 1.82) is 0 Å². The molecule has 2 aromatic carbocycles. The van der Waals surface area contributed by atoms with Crippen LogP contribution in [0.5, 0.6) is 0 Å². The Morgan fingerprint density at radius 2 is 1.66 bits per heavy atom. The molecular weight excluding hydrogens is 422 g/mol. The zero-order valence-corrected chi connectivity index (χ0v) is 19.9. The Morgan fingerprint density at radius 1 is 0.938 bits per heavy atom. The lowest BCUT2D eigenvalue weighted by Crippen LogP contribution is -2.48. The fraction of sp³-hybridized carbons (Fsp3) is 0.480. The van der Waals surface area contributed by atoms with E-state index < -0.39 is 10.0 Å². The Labute approximate surface area is 190 Å². The van der Waals surface area contributed by atoms with Gasteiger partial charge in [0.25, 0.3) is 0 Å². The molecular formula is C25H31N3O3S. The molecule has 0 radical (unpaired) electrons. The number of benzene rings is 2. The summed E-state index contributed by atoms with van der Waals surface area (Å²) in [6.45, 7) is 8.51. The molecule has 0 aromatic heterocycles. The van der Waals surface area contributed by atoms with E-state index in [0.29, 0.717) is 37.5 Å². The van der Waals surface area contributed by atoms with Gasteiger partial charge < -0.3 is 9.80 Å². The Balaban J connectivity index is 1.33. The van der Waals surface area contributed by atoms with Gasteiger partial charge in [-0.1, -0.05) is 12.1 Å². The second-order valence-electron chi connectivity index (χ2n) is 9.51. The van der Waals surface area contributed by atoms with E-state index >= 15 is 0 Å². The van der Waals surface area contributed by atoms with Crippen LogP contribution in [0.3, 0.4) is 0 Å². The molecule has 1 amide bonds. The molecule has 2 aliphatic heterocycles. The van der Waals surface area contributed by atoms with Gasteiger partial charge in [-0.15, -0.1) is 0 Å². The van der Waals surface area contributed by atoms with Crippen LogP contribution in [0, 0.1) is 19.8 Å². The summed E-state index contributed by atoms with van der Waals surface area (Å²) in [5, 5.41) is 0. The fourth-order valence-corrected chi connectivity index (χ4v) is 6.48. The molecule has 2 heterocycles. The minimum atomic E-state index is -3.56. The molecule has 0 unspecified atom stereocenters. The maximum absolute atomic E-state index is 13.4. The molecule has 170 valence electrons. The average Bonchev–Trinajstić information content (AvgIpc) is 3.57. The highest BCUT2D eigenvalue weighted by atomic mass is 32.2. The van der Waals surface area contributed by atoms with E-state index in [1.165, 1.54) is 16.8 Å². The topological polar surface area (TPSA) is 60.9 Å². The molecule has 2 aromatic rings. The molecule has 1 saturated heterocycles. The van der Waals surface area contributed by atoms with Crippen molar-refractivity contribution < 1.29 is 13.2 Å². The van der Waals surface area contributed by atoms with E-state index in [1.54, 1.807) is 16.4 Å². The van der Waals surface area contributed by atoms with Crippen molar-refractivity contribution in [3.63, 3.8) is 0 Å². The number of hydrogen-bond acceptors (Lipinski definition) is 4. The van der Waals surface area contributed by atoms with Crippen LogP contribution < -0.4 is 9.80 Å². The van der Waals surface area contributed by atoms with Crippen molar-refractivity contribution in [3.05, 3.63) is 53.1 Å². The highest BCUT2D eigenvalue weighted by Crippen LogP contribution is 2.40. The molecule has 1 aliphatic carbocycles. The van der Waals surface area contributed by atoms with Crippen LogP contribution in [0.4, 0.5) is 11.4 Å². The Kier molecular flexibility index (Phi) is 5.29. The minimum Gasteiger partial charge on any atom is -0.369 e. The first-order valence-electron chi connectivity index (χ1n) is 11.5. The minimum absolute atomic E-state index is 0.0807. The van der Waals surface area contributed by atoms with Crippen molar-refractivity contribution in [1.82, 2.24) is 4.31 Å². The van der Waals surface area contributed by atoms with Gasteiger partial charge >= 0.3 is 0 Å². The number of hydrogen-bond donors (Lipinski definition) is 0. The zero-order valence-electron chi connectivity index (χ0n) is 19.0. The second-order valence-corrected chi connectivity index (χ2v) is 11.4. The zero-order chi connectivity index (χ0) is 22.6. The van der Waals surface area contributed by atoms with Crippen LogP contribution in [0.25, 0.3) is 0 Å². The first kappa shape index (κ1) is 21.5. The van der Waals surface area contributed by atoms with Gasteiger partial charge in [0.2, 0.25) is 15.9 Å². The number of sulfonamides is 1. The number of carbonyl (C=O) groups is 1. The van der Waals surface area contributed by atoms with E-state index in [2.05, 4.69) is 36.9 Å². The van der Waals surface area contributed by atoms with E-state index in [0.717, 1.165) is 24.1 Å². The molecule has 2 fully saturated rings. The lowest BCUT2D eigenvalue weighted by atomic mass is 10.1. The Bertz CT molecular complexity index is 1160. The SMILES string of the molecule is Cc1ccc(C)c(N2CCN(S(=O)(=O)c3ccc4c(c3)C[C@@H](C)N4C(=O)C3CC3)CC2)c1. The summed E-state index contributed by atoms with van der Waals surface area (Å²) in [6.07, 6.45) is 2.65. The van der Waals surface area contributed by atoms with Crippen LogP contribution >= 0.6 is 0 Å². The Hall–Kier alpha value is -2.38. The molecule has 1 saturated carbocycles. The average molecular weight is 454 g/mol. The molecule has 0 bridgehead atoms. The number of aryl methyl sites for hydroxylation is 2. The molecule has 0 spiro atoms. The molecule has 3 aliphatic rings. The predicted octanol–water partition coefficient (Wildman–Crippen LogP) is 3.50. The van der Waals surface area contributed by atoms with Crippen LogP contribution in [0.15, 0.2) is 41.3 Å². The van der Waals surface area contributed by atoms with E-state index in [9.17, 15) is 13.2 Å². The summed E-state index contributed by atoms with van der Waals surface area (Å²) in [4.78, 5) is 17.2. The van der Waals surface area contributed by atoms with Crippen LogP contribution in [0.2, 0.25) is 0 Å². The van der Waals surface area contributed by atoms with Crippen LogP contribution in [-0.2, 0) is 21.2 Å². The van der Waals surface area contributed by atoms with Gasteiger partial charge in [-0.05, 0) is 81.0 Å². The highest BCUT2D eigenvalue weighted by molar-refractivity contribution is 7.89. The van der Waals surface area contributed by atoms with Crippen molar-refractivity contribution in [2.45, 2.75) is 51.0 Å². The van der Waals surface area contributed by atoms with Gasteiger partial charge in [0.1, 0.15) is 0 Å². The molecule has 6 nitrogen and oxygen atoms in total. The summed E-state index contributed by atoms with van der Waals surface area (Å²) in [5.41, 5.74) is 5.45. The van der Waals surface area contributed by atoms with Crippen molar-refractivity contribution in [2.24, 2.45) is 5.92 Å². The summed E-state index contributed by atoms with van der Waals surface area (Å²) in [7, 11) is -3.56. The summed E-state index contributed by atoms with van der Waals surface area (Å²) >= 11 is 0. The molecule has 7 heteroatoms. The number of anilines is 2. The van der Waals surface area contributed by atoms with E-state index in [4.69, 9.17) is 0 Å². The van der Waals surface area contributed by atoms with Crippen molar-refractivity contribution in [2.75, 3.05) is 36.0 Å². The number of rotatable bonds is 4. The van der Waals surface area contributed by atoms with Gasteiger partial charge in [0, 0.05) is 49.5 Å². The van der Waals surface area contributed by atoms with Crippen LogP contribution in [0.1, 0.15) is 36.5 Å². The normalized spacial score (nSPS) is 21.7. The Morgan fingerprint density at radius 3 is 2.34 bits per heavy atom. The third kappa shape index (κ3) is 3.71. The van der Waals surface area contributed by atoms with Crippen molar-refractivity contribution in [3.8, 4) is 0 Å². The highest BCUT2D eigenvalue weighted by Gasteiger charge is 2.40. The third-order valence-corrected chi connectivity index (χ3v) is 8.91. The molecule has 1 atom stereocenters. The van der Waals surface area contributed by atoms with Gasteiger partial charge in [-0.25, -0.2) is 8.42 Å². The summed E-state index contributed by atoms with van der Waals surface area (Å²) in [6, 6.07) is 11.8. The second kappa shape index (κ2) is 7.89. The maximum atomic E-state index is 13.4. The summed E-state index contributed by atoms with van der Waals surface area (Å²) < 4.78 is 28.4. The van der Waals surface area contributed by atoms with Gasteiger partial charge in [0.15, 0.2) is 0 Å². The number of nitrogens with zero attached hydrogens (tertiary/aromatic N) is 3. The molecule has 5 rings (SSSR count). The standard InChI is InChI=1S/C25H31N3O3S/c1-17-4-5-18(2)24(14-17)26-10-12-27(13-11-26)32(30,31)22-8-9-23-21(16-22)15-19(3)28(23)25(29)20-6-7-20/h4-5,8-9,14,16,19-20H,6-7,10-13,15H2,1-3H3/t19-/m1/s1. The number of carbonyl (C=O) groups excluding carboxylic acids is 1. The summed E-state index contributed by atoms with van der Waals surface area (Å²) in [5.74, 6) is 0.342. The smallest absolute Gasteiger partial charge is 0.243 e.